The van der Waals surface area contributed by atoms with Crippen molar-refractivity contribution in [2.75, 3.05) is 0 Å². The van der Waals surface area contributed by atoms with Crippen molar-refractivity contribution < 1.29 is 0 Å². The summed E-state index contributed by atoms with van der Waals surface area (Å²) in [6.07, 6.45) is 0. The fourth-order valence-electron chi connectivity index (χ4n) is 1.09. The highest BCUT2D eigenvalue weighted by Gasteiger charge is 2.02. The molecule has 2 aromatic rings. The van der Waals surface area contributed by atoms with Gasteiger partial charge in [0.15, 0.2) is 3.95 Å². The number of aromatic amines is 1. The molecule has 0 bridgehead atoms. The third-order valence-corrected chi connectivity index (χ3v) is 3.44. The molecule has 0 radical (unpaired) electrons. The van der Waals surface area contributed by atoms with Crippen LogP contribution >= 0.6 is 39.5 Å². The summed E-state index contributed by atoms with van der Waals surface area (Å²) in [5, 5.41) is 2.03. The molecule has 0 aliphatic heterocycles. The van der Waals surface area contributed by atoms with Gasteiger partial charge in [-0.25, -0.2) is 0 Å². The smallest absolute Gasteiger partial charge is 0.158 e. The first-order chi connectivity index (χ1) is 6.27. The van der Waals surface area contributed by atoms with Crippen molar-refractivity contribution in [3.63, 3.8) is 0 Å². The standard InChI is InChI=1S/C9H6BrNS2/c10-7-4-2-1-3-6(7)8-5-13-9(12)11-8/h1-5H,(H,11,12). The van der Waals surface area contributed by atoms with Gasteiger partial charge in [-0.05, 0) is 18.3 Å². The quantitative estimate of drug-likeness (QED) is 0.768. The van der Waals surface area contributed by atoms with Crippen LogP contribution in [0.1, 0.15) is 0 Å². The number of halogens is 1. The largest absolute Gasteiger partial charge is 0.337 e. The monoisotopic (exact) mass is 271 g/mol. The van der Waals surface area contributed by atoms with E-state index >= 15 is 0 Å². The highest BCUT2D eigenvalue weighted by Crippen LogP contribution is 2.27. The number of nitrogens with one attached hydrogen (secondary N) is 1. The van der Waals surface area contributed by atoms with E-state index in [1.165, 1.54) is 0 Å². The maximum atomic E-state index is 5.02. The zero-order valence-electron chi connectivity index (χ0n) is 6.58. The third kappa shape index (κ3) is 1.90. The Morgan fingerprint density at radius 3 is 2.69 bits per heavy atom. The minimum Gasteiger partial charge on any atom is -0.337 e. The lowest BCUT2D eigenvalue weighted by molar-refractivity contribution is 1.38. The van der Waals surface area contributed by atoms with Gasteiger partial charge >= 0.3 is 0 Å². The molecule has 0 saturated heterocycles. The topological polar surface area (TPSA) is 15.8 Å². The Kier molecular flexibility index (Phi) is 2.62. The van der Waals surface area contributed by atoms with Gasteiger partial charge in [-0.15, -0.1) is 11.3 Å². The van der Waals surface area contributed by atoms with Crippen molar-refractivity contribution in [3.8, 4) is 11.3 Å². The van der Waals surface area contributed by atoms with Crippen molar-refractivity contribution in [2.24, 2.45) is 0 Å². The molecule has 1 aromatic carbocycles. The molecule has 4 heteroatoms. The maximum Gasteiger partial charge on any atom is 0.158 e. The van der Waals surface area contributed by atoms with Crippen LogP contribution in [0.25, 0.3) is 11.3 Å². The molecule has 0 saturated carbocycles. The average molecular weight is 272 g/mol. The maximum absolute atomic E-state index is 5.02. The van der Waals surface area contributed by atoms with Crippen LogP contribution in [0, 0.1) is 3.95 Å². The van der Waals surface area contributed by atoms with Crippen molar-refractivity contribution in [2.45, 2.75) is 0 Å². The van der Waals surface area contributed by atoms with Gasteiger partial charge in [0.2, 0.25) is 0 Å². The molecule has 0 amide bonds. The van der Waals surface area contributed by atoms with Crippen LogP contribution in [0.4, 0.5) is 0 Å². The van der Waals surface area contributed by atoms with Gasteiger partial charge < -0.3 is 4.98 Å². The number of benzene rings is 1. The molecule has 1 nitrogen and oxygen atoms in total. The van der Waals surface area contributed by atoms with Gasteiger partial charge in [0.05, 0.1) is 5.69 Å². The molecule has 0 aliphatic carbocycles. The Hall–Kier alpha value is -0.450. The highest BCUT2D eigenvalue weighted by molar-refractivity contribution is 9.10. The predicted octanol–water partition coefficient (Wildman–Crippen LogP) is 4.24. The van der Waals surface area contributed by atoms with Crippen LogP contribution in [-0.4, -0.2) is 4.98 Å². The summed E-state index contributed by atoms with van der Waals surface area (Å²) in [7, 11) is 0. The summed E-state index contributed by atoms with van der Waals surface area (Å²) in [6.45, 7) is 0. The van der Waals surface area contributed by atoms with Crippen LogP contribution in [-0.2, 0) is 0 Å². The number of hydrogen-bond acceptors (Lipinski definition) is 2. The molecule has 0 fully saturated rings. The van der Waals surface area contributed by atoms with E-state index in [9.17, 15) is 0 Å². The minimum absolute atomic E-state index is 0.811. The van der Waals surface area contributed by atoms with E-state index in [0.717, 1.165) is 19.7 Å². The molecule has 1 aromatic heterocycles. The molecule has 0 atom stereocenters. The number of aromatic nitrogens is 1. The summed E-state index contributed by atoms with van der Waals surface area (Å²) in [5.41, 5.74) is 2.22. The summed E-state index contributed by atoms with van der Waals surface area (Å²) in [4.78, 5) is 3.14. The first kappa shape index (κ1) is 9.12. The lowest BCUT2D eigenvalue weighted by Gasteiger charge is -1.99. The zero-order valence-corrected chi connectivity index (χ0v) is 9.80. The first-order valence-corrected chi connectivity index (χ1v) is 5.78. The molecule has 0 aliphatic rings. The molecule has 13 heavy (non-hydrogen) atoms. The lowest BCUT2D eigenvalue weighted by Crippen LogP contribution is -1.77. The van der Waals surface area contributed by atoms with Gasteiger partial charge in [-0.1, -0.05) is 34.1 Å². The van der Waals surface area contributed by atoms with E-state index in [-0.39, 0.29) is 0 Å². The van der Waals surface area contributed by atoms with Crippen molar-refractivity contribution in [1.29, 1.82) is 0 Å². The summed E-state index contributed by atoms with van der Waals surface area (Å²) < 4.78 is 1.89. The van der Waals surface area contributed by atoms with E-state index in [4.69, 9.17) is 12.2 Å². The Labute approximate surface area is 93.6 Å². The van der Waals surface area contributed by atoms with Crippen LogP contribution in [0.3, 0.4) is 0 Å². The normalized spacial score (nSPS) is 10.2. The number of rotatable bonds is 1. The fourth-order valence-corrected chi connectivity index (χ4v) is 2.42. The zero-order chi connectivity index (χ0) is 9.26. The Morgan fingerprint density at radius 1 is 1.31 bits per heavy atom. The minimum atomic E-state index is 0.811. The molecular weight excluding hydrogens is 266 g/mol. The predicted molar refractivity (Wildman–Crippen MR) is 62.6 cm³/mol. The lowest BCUT2D eigenvalue weighted by atomic mass is 10.2. The Bertz CT molecular complexity index is 472. The van der Waals surface area contributed by atoms with Crippen LogP contribution in [0.5, 0.6) is 0 Å². The van der Waals surface area contributed by atoms with E-state index in [0.29, 0.717) is 0 Å². The number of hydrogen-bond donors (Lipinski definition) is 1. The average Bonchev–Trinajstić information content (AvgIpc) is 2.53. The molecular formula is C9H6BrNS2. The second-order valence-electron chi connectivity index (χ2n) is 2.54. The molecule has 2 rings (SSSR count). The molecule has 0 unspecified atom stereocenters. The Balaban J connectivity index is 2.58. The molecule has 1 heterocycles. The van der Waals surface area contributed by atoms with E-state index in [2.05, 4.69) is 27.0 Å². The molecule has 0 spiro atoms. The fraction of sp³-hybridized carbons (Fsp3) is 0. The van der Waals surface area contributed by atoms with Crippen molar-refractivity contribution in [3.05, 3.63) is 38.1 Å². The summed E-state index contributed by atoms with van der Waals surface area (Å²) >= 11 is 10.1. The summed E-state index contributed by atoms with van der Waals surface area (Å²) in [6, 6.07) is 8.07. The van der Waals surface area contributed by atoms with Crippen LogP contribution in [0.15, 0.2) is 34.1 Å². The summed E-state index contributed by atoms with van der Waals surface area (Å²) in [5.74, 6) is 0. The van der Waals surface area contributed by atoms with Gasteiger partial charge in [0.1, 0.15) is 0 Å². The second kappa shape index (κ2) is 3.74. The van der Waals surface area contributed by atoms with E-state index < -0.39 is 0 Å². The second-order valence-corrected chi connectivity index (χ2v) is 4.94. The highest BCUT2D eigenvalue weighted by atomic mass is 79.9. The van der Waals surface area contributed by atoms with E-state index in [1.54, 1.807) is 11.3 Å². The molecule has 66 valence electrons. The van der Waals surface area contributed by atoms with Gasteiger partial charge in [-0.2, -0.15) is 0 Å². The van der Waals surface area contributed by atoms with E-state index in [1.807, 2.05) is 23.6 Å². The molecule has 1 N–H and O–H groups in total. The van der Waals surface area contributed by atoms with Crippen LogP contribution < -0.4 is 0 Å². The Morgan fingerprint density at radius 2 is 2.08 bits per heavy atom. The van der Waals surface area contributed by atoms with Crippen molar-refractivity contribution >= 4 is 39.5 Å². The number of thiazole rings is 1. The van der Waals surface area contributed by atoms with Crippen LogP contribution in [0.2, 0.25) is 0 Å². The van der Waals surface area contributed by atoms with Gasteiger partial charge in [0, 0.05) is 15.4 Å². The van der Waals surface area contributed by atoms with Crippen molar-refractivity contribution in [1.82, 2.24) is 4.98 Å². The first-order valence-electron chi connectivity index (χ1n) is 3.70. The third-order valence-electron chi connectivity index (χ3n) is 1.68. The van der Waals surface area contributed by atoms with Gasteiger partial charge in [-0.3, -0.25) is 0 Å². The SMILES string of the molecule is S=c1[nH]c(-c2ccccc2Br)cs1. The number of H-pyrrole nitrogens is 1. The van der Waals surface area contributed by atoms with Gasteiger partial charge in [0.25, 0.3) is 0 Å².